The zero-order valence-electron chi connectivity index (χ0n) is 16.4. The van der Waals surface area contributed by atoms with Gasteiger partial charge in [-0.3, -0.25) is 4.79 Å². The van der Waals surface area contributed by atoms with Crippen LogP contribution in [0, 0.1) is 17.8 Å². The molecule has 0 aliphatic heterocycles. The van der Waals surface area contributed by atoms with Gasteiger partial charge in [-0.1, -0.05) is 0 Å². The van der Waals surface area contributed by atoms with Gasteiger partial charge in [-0.2, -0.15) is 0 Å². The van der Waals surface area contributed by atoms with Crippen molar-refractivity contribution in [1.29, 1.82) is 0 Å². The minimum absolute atomic E-state index is 0.135. The smallest absolute Gasteiger partial charge is 0.345 e. The molecular weight excluding hydrogens is 386 g/mol. The van der Waals surface area contributed by atoms with Gasteiger partial charge in [0.2, 0.25) is 0 Å². The summed E-state index contributed by atoms with van der Waals surface area (Å²) >= 11 is 1.07. The molecule has 0 radical (unpaired) electrons. The first kappa shape index (κ1) is 18.7. The van der Waals surface area contributed by atoms with Gasteiger partial charge in [0.15, 0.2) is 0 Å². The highest BCUT2D eigenvalue weighted by Crippen LogP contribution is 2.61. The van der Waals surface area contributed by atoms with Crippen LogP contribution in [-0.4, -0.2) is 24.1 Å². The Morgan fingerprint density at radius 1 is 1.07 bits per heavy atom. The van der Waals surface area contributed by atoms with E-state index in [1.165, 1.54) is 50.2 Å². The minimum atomic E-state index is -0.982. The number of carbonyl (C=O) groups is 2. The van der Waals surface area contributed by atoms with Crippen molar-refractivity contribution >= 4 is 28.2 Å². The molecule has 2 N–H and O–H groups in total. The number of amides is 1. The van der Waals surface area contributed by atoms with Gasteiger partial charge >= 0.3 is 5.97 Å². The summed E-state index contributed by atoms with van der Waals surface area (Å²) in [7, 11) is 1.71. The van der Waals surface area contributed by atoms with Gasteiger partial charge in [-0.05, 0) is 92.0 Å². The van der Waals surface area contributed by atoms with Gasteiger partial charge in [0.25, 0.3) is 5.91 Å². The van der Waals surface area contributed by atoms with E-state index in [9.17, 15) is 9.59 Å². The normalized spacial score (nSPS) is 29.6. The molecule has 4 bridgehead atoms. The Morgan fingerprint density at radius 3 is 2.28 bits per heavy atom. The summed E-state index contributed by atoms with van der Waals surface area (Å²) in [4.78, 5) is 24.2. The number of carboxylic acid groups (broad SMARTS) is 1. The van der Waals surface area contributed by atoms with Crippen molar-refractivity contribution < 1.29 is 19.4 Å². The summed E-state index contributed by atoms with van der Waals surface area (Å²) in [5.41, 5.74) is 1.92. The highest BCUT2D eigenvalue weighted by molar-refractivity contribution is 7.18. The molecule has 4 aliphatic carbocycles. The monoisotopic (exact) mass is 411 g/mol. The Kier molecular flexibility index (Phi) is 4.42. The Bertz CT molecular complexity index is 944. The second-order valence-electron chi connectivity index (χ2n) is 9.04. The van der Waals surface area contributed by atoms with Gasteiger partial charge in [0.05, 0.1) is 12.1 Å². The molecule has 6 rings (SSSR count). The lowest BCUT2D eigenvalue weighted by Gasteiger charge is -2.57. The molecule has 1 amide bonds. The fraction of sp³-hybridized carbons (Fsp3) is 0.478. The van der Waals surface area contributed by atoms with Crippen LogP contribution in [0.2, 0.25) is 0 Å². The number of benzene rings is 1. The van der Waals surface area contributed by atoms with E-state index in [-0.39, 0.29) is 16.2 Å². The number of ether oxygens (including phenoxy) is 1. The average molecular weight is 412 g/mol. The number of rotatable bonds is 5. The number of carboxylic acids is 1. The number of aromatic carboxylic acids is 1. The molecule has 4 aliphatic rings. The van der Waals surface area contributed by atoms with Gasteiger partial charge < -0.3 is 15.2 Å². The van der Waals surface area contributed by atoms with Gasteiger partial charge in [-0.15, -0.1) is 11.3 Å². The molecule has 0 atom stereocenters. The van der Waals surface area contributed by atoms with Crippen molar-refractivity contribution in [2.24, 2.45) is 17.8 Å². The topological polar surface area (TPSA) is 75.6 Å². The first-order valence-electron chi connectivity index (χ1n) is 10.3. The summed E-state index contributed by atoms with van der Waals surface area (Å²) in [6, 6.07) is 8.88. The van der Waals surface area contributed by atoms with E-state index < -0.39 is 5.97 Å². The number of carbonyl (C=O) groups excluding carboxylic acids is 1. The summed E-state index contributed by atoms with van der Waals surface area (Å²) in [5, 5.41) is 12.5. The fourth-order valence-corrected chi connectivity index (χ4v) is 7.15. The van der Waals surface area contributed by atoms with Crippen LogP contribution >= 0.6 is 11.3 Å². The molecule has 2 aromatic rings. The Hall–Kier alpha value is -2.34. The summed E-state index contributed by atoms with van der Waals surface area (Å²) in [6.45, 7) is 0. The maximum absolute atomic E-state index is 12.9. The van der Waals surface area contributed by atoms with Crippen molar-refractivity contribution in [2.75, 3.05) is 12.4 Å². The third-order valence-electron chi connectivity index (χ3n) is 7.12. The number of hydrogen-bond donors (Lipinski definition) is 2. The summed E-state index contributed by atoms with van der Waals surface area (Å²) in [5.74, 6) is 2.12. The van der Waals surface area contributed by atoms with E-state index >= 15 is 0 Å². The predicted molar refractivity (Wildman–Crippen MR) is 112 cm³/mol. The third kappa shape index (κ3) is 3.23. The minimum Gasteiger partial charge on any atom is -0.496 e. The third-order valence-corrected chi connectivity index (χ3v) is 8.11. The molecule has 29 heavy (non-hydrogen) atoms. The van der Waals surface area contributed by atoms with E-state index in [0.717, 1.165) is 34.8 Å². The van der Waals surface area contributed by atoms with Gasteiger partial charge in [0, 0.05) is 11.1 Å². The SMILES string of the molecule is COc1ccc(C(=O)Nc2ccc(C(=O)O)s2)cc1C12CC3CC(CC(C3)C1)C2. The molecule has 1 aromatic heterocycles. The highest BCUT2D eigenvalue weighted by atomic mass is 32.1. The van der Waals surface area contributed by atoms with Crippen LogP contribution in [0.1, 0.15) is 64.1 Å². The maximum Gasteiger partial charge on any atom is 0.345 e. The summed E-state index contributed by atoms with van der Waals surface area (Å²) in [6.07, 6.45) is 7.71. The molecule has 0 unspecified atom stereocenters. The molecule has 0 spiro atoms. The number of methoxy groups -OCH3 is 1. The summed E-state index contributed by atoms with van der Waals surface area (Å²) < 4.78 is 5.72. The molecule has 152 valence electrons. The number of hydrogen-bond acceptors (Lipinski definition) is 4. The molecule has 4 saturated carbocycles. The number of anilines is 1. The molecule has 0 saturated heterocycles. The van der Waals surface area contributed by atoms with Crippen molar-refractivity contribution in [3.8, 4) is 5.75 Å². The fourth-order valence-electron chi connectivity index (χ4n) is 6.41. The lowest BCUT2D eigenvalue weighted by Crippen LogP contribution is -2.48. The van der Waals surface area contributed by atoms with Crippen LogP contribution in [0.4, 0.5) is 5.00 Å². The standard InChI is InChI=1S/C23H25NO4S/c1-28-18-3-2-16(21(25)24-20-5-4-19(29-20)22(26)27)9-17(18)23-10-13-6-14(11-23)8-15(7-13)12-23/h2-5,9,13-15H,6-8,10-12H2,1H3,(H,24,25)(H,26,27). The number of nitrogens with one attached hydrogen (secondary N) is 1. The van der Waals surface area contributed by atoms with Crippen LogP contribution in [0.15, 0.2) is 30.3 Å². The zero-order valence-corrected chi connectivity index (χ0v) is 17.3. The average Bonchev–Trinajstić information content (AvgIpc) is 3.15. The van der Waals surface area contributed by atoms with Gasteiger partial charge in [-0.25, -0.2) is 4.79 Å². The van der Waals surface area contributed by atoms with Crippen LogP contribution in [0.25, 0.3) is 0 Å². The molecule has 5 nitrogen and oxygen atoms in total. The van der Waals surface area contributed by atoms with Crippen molar-refractivity contribution in [3.05, 3.63) is 46.3 Å². The molecule has 4 fully saturated rings. The lowest BCUT2D eigenvalue weighted by molar-refractivity contribution is -0.00617. The molecular formula is C23H25NO4S. The Balaban J connectivity index is 1.45. The zero-order chi connectivity index (χ0) is 20.2. The second-order valence-corrected chi connectivity index (χ2v) is 10.1. The quantitative estimate of drug-likeness (QED) is 0.711. The van der Waals surface area contributed by atoms with Crippen molar-refractivity contribution in [3.63, 3.8) is 0 Å². The van der Waals surface area contributed by atoms with Crippen molar-refractivity contribution in [1.82, 2.24) is 0 Å². The first-order valence-corrected chi connectivity index (χ1v) is 11.1. The van der Waals surface area contributed by atoms with E-state index in [1.807, 2.05) is 12.1 Å². The van der Waals surface area contributed by atoms with Crippen molar-refractivity contribution in [2.45, 2.75) is 43.9 Å². The van der Waals surface area contributed by atoms with E-state index in [4.69, 9.17) is 9.84 Å². The van der Waals surface area contributed by atoms with Gasteiger partial charge in [0.1, 0.15) is 10.6 Å². The first-order chi connectivity index (χ1) is 14.0. The Morgan fingerprint density at radius 2 is 1.72 bits per heavy atom. The second kappa shape index (κ2) is 6.87. The van der Waals surface area contributed by atoms with E-state index in [2.05, 4.69) is 5.32 Å². The molecule has 1 heterocycles. The van der Waals surface area contributed by atoms with E-state index in [1.54, 1.807) is 19.2 Å². The van der Waals surface area contributed by atoms with Crippen LogP contribution < -0.4 is 10.1 Å². The largest absolute Gasteiger partial charge is 0.496 e. The van der Waals surface area contributed by atoms with Crippen LogP contribution in [-0.2, 0) is 5.41 Å². The maximum atomic E-state index is 12.9. The number of thiophene rings is 1. The predicted octanol–water partition coefficient (Wildman–Crippen LogP) is 5.18. The van der Waals surface area contributed by atoms with E-state index in [0.29, 0.717) is 10.6 Å². The highest BCUT2D eigenvalue weighted by Gasteiger charge is 2.52. The Labute approximate surface area is 174 Å². The van der Waals surface area contributed by atoms with Crippen LogP contribution in [0.5, 0.6) is 5.75 Å². The lowest BCUT2D eigenvalue weighted by atomic mass is 9.48. The van der Waals surface area contributed by atoms with Crippen LogP contribution in [0.3, 0.4) is 0 Å². The molecule has 6 heteroatoms. The molecule has 1 aromatic carbocycles.